The van der Waals surface area contributed by atoms with E-state index in [4.69, 9.17) is 0 Å². The Morgan fingerprint density at radius 1 is 1.27 bits per heavy atom. The van der Waals surface area contributed by atoms with Crippen LogP contribution in [0.2, 0.25) is 0 Å². The molecule has 1 aliphatic heterocycles. The van der Waals surface area contributed by atoms with Gasteiger partial charge in [0.15, 0.2) is 0 Å². The summed E-state index contributed by atoms with van der Waals surface area (Å²) in [4.78, 5) is 1.45. The van der Waals surface area contributed by atoms with Crippen LogP contribution in [-0.2, 0) is 5.54 Å². The monoisotopic (exact) mass is 221 g/mol. The topological polar surface area (TPSA) is 12.0 Å². The minimum atomic E-state index is 0.107. The highest BCUT2D eigenvalue weighted by molar-refractivity contribution is 7.97. The number of hydrogen-bond acceptors (Lipinski definition) is 2. The van der Waals surface area contributed by atoms with Crippen LogP contribution in [0.3, 0.4) is 0 Å². The van der Waals surface area contributed by atoms with E-state index in [0.29, 0.717) is 5.92 Å². The highest BCUT2D eigenvalue weighted by Crippen LogP contribution is 2.43. The Morgan fingerprint density at radius 3 is 2.53 bits per heavy atom. The van der Waals surface area contributed by atoms with Crippen LogP contribution in [0.5, 0.6) is 0 Å². The summed E-state index contributed by atoms with van der Waals surface area (Å²) in [5.41, 5.74) is 4.41. The van der Waals surface area contributed by atoms with E-state index in [-0.39, 0.29) is 5.54 Å². The van der Waals surface area contributed by atoms with Crippen LogP contribution in [0, 0.1) is 6.92 Å². The number of nitrogens with one attached hydrogen (secondary N) is 1. The molecule has 0 saturated carbocycles. The molecule has 0 aromatic heterocycles. The lowest BCUT2D eigenvalue weighted by Crippen LogP contribution is -2.26. The average Bonchev–Trinajstić information content (AvgIpc) is 2.41. The third-order valence-corrected chi connectivity index (χ3v) is 4.24. The zero-order valence-electron chi connectivity index (χ0n) is 10.1. The molecule has 1 aromatic rings. The molecule has 1 nitrogen and oxygen atoms in total. The Morgan fingerprint density at radius 2 is 1.93 bits per heavy atom. The summed E-state index contributed by atoms with van der Waals surface area (Å²) in [6.07, 6.45) is 0. The molecule has 82 valence electrons. The second-order valence-corrected chi connectivity index (χ2v) is 6.03. The molecule has 0 bridgehead atoms. The van der Waals surface area contributed by atoms with E-state index in [2.05, 4.69) is 51.5 Å². The first kappa shape index (κ1) is 11.0. The molecule has 1 heterocycles. The van der Waals surface area contributed by atoms with Gasteiger partial charge in [0.2, 0.25) is 0 Å². The molecule has 0 unspecified atom stereocenters. The van der Waals surface area contributed by atoms with Crippen molar-refractivity contribution in [3.05, 3.63) is 28.8 Å². The van der Waals surface area contributed by atoms with E-state index in [1.54, 1.807) is 11.9 Å². The molecule has 1 aromatic carbocycles. The van der Waals surface area contributed by atoms with E-state index < -0.39 is 0 Å². The van der Waals surface area contributed by atoms with Crippen molar-refractivity contribution >= 4 is 11.9 Å². The fourth-order valence-electron chi connectivity index (χ4n) is 2.04. The van der Waals surface area contributed by atoms with Crippen LogP contribution < -0.4 is 4.72 Å². The summed E-state index contributed by atoms with van der Waals surface area (Å²) < 4.78 is 3.50. The summed E-state index contributed by atoms with van der Waals surface area (Å²) in [7, 11) is 0. The molecule has 0 spiro atoms. The van der Waals surface area contributed by atoms with E-state index in [1.165, 1.54) is 21.6 Å². The quantitative estimate of drug-likeness (QED) is 0.720. The molecule has 0 radical (unpaired) electrons. The van der Waals surface area contributed by atoms with Crippen molar-refractivity contribution in [1.82, 2.24) is 4.72 Å². The van der Waals surface area contributed by atoms with Gasteiger partial charge in [-0.05, 0) is 49.8 Å². The normalized spacial score (nSPS) is 18.3. The van der Waals surface area contributed by atoms with Crippen LogP contribution in [0.25, 0.3) is 0 Å². The van der Waals surface area contributed by atoms with Gasteiger partial charge < -0.3 is 0 Å². The van der Waals surface area contributed by atoms with Gasteiger partial charge in [-0.25, -0.2) is 4.72 Å². The number of aryl methyl sites for hydroxylation is 1. The molecule has 0 atom stereocenters. The van der Waals surface area contributed by atoms with Crippen LogP contribution in [-0.4, -0.2) is 0 Å². The molecule has 0 fully saturated rings. The predicted molar refractivity (Wildman–Crippen MR) is 67.3 cm³/mol. The van der Waals surface area contributed by atoms with Crippen molar-refractivity contribution in [2.45, 2.75) is 51.0 Å². The lowest BCUT2D eigenvalue weighted by Gasteiger charge is -2.19. The molecule has 1 aliphatic rings. The third kappa shape index (κ3) is 1.81. The fourth-order valence-corrected chi connectivity index (χ4v) is 3.35. The van der Waals surface area contributed by atoms with Crippen LogP contribution in [0.4, 0.5) is 0 Å². The van der Waals surface area contributed by atoms with E-state index >= 15 is 0 Å². The van der Waals surface area contributed by atoms with Gasteiger partial charge in [0.25, 0.3) is 0 Å². The summed E-state index contributed by atoms with van der Waals surface area (Å²) in [5, 5.41) is 0. The SMILES string of the molecule is Cc1cc(C(C)C)c2c(c1)C(C)(C)NS2. The maximum Gasteiger partial charge on any atom is 0.0490 e. The first-order chi connectivity index (χ1) is 6.92. The van der Waals surface area contributed by atoms with Crippen molar-refractivity contribution in [3.8, 4) is 0 Å². The van der Waals surface area contributed by atoms with Crippen molar-refractivity contribution in [2.75, 3.05) is 0 Å². The van der Waals surface area contributed by atoms with Gasteiger partial charge in [-0.2, -0.15) is 0 Å². The van der Waals surface area contributed by atoms with Gasteiger partial charge >= 0.3 is 0 Å². The molecule has 2 heteroatoms. The predicted octanol–water partition coefficient (Wildman–Crippen LogP) is 3.96. The van der Waals surface area contributed by atoms with Crippen molar-refractivity contribution in [3.63, 3.8) is 0 Å². The Balaban J connectivity index is 2.63. The Hall–Kier alpha value is -0.470. The zero-order chi connectivity index (χ0) is 11.2. The molecule has 0 amide bonds. The lowest BCUT2D eigenvalue weighted by molar-refractivity contribution is 0.515. The van der Waals surface area contributed by atoms with E-state index in [9.17, 15) is 0 Å². The van der Waals surface area contributed by atoms with Gasteiger partial charge in [0.05, 0.1) is 0 Å². The van der Waals surface area contributed by atoms with Crippen LogP contribution in [0.15, 0.2) is 17.0 Å². The first-order valence-electron chi connectivity index (χ1n) is 5.51. The van der Waals surface area contributed by atoms with Crippen molar-refractivity contribution in [1.29, 1.82) is 0 Å². The summed E-state index contributed by atoms with van der Waals surface area (Å²) in [5.74, 6) is 0.599. The van der Waals surface area contributed by atoms with Gasteiger partial charge in [-0.3, -0.25) is 0 Å². The molecule has 1 N–H and O–H groups in total. The molecule has 0 saturated heterocycles. The molecular weight excluding hydrogens is 202 g/mol. The second kappa shape index (κ2) is 3.53. The number of hydrogen-bond donors (Lipinski definition) is 1. The maximum absolute atomic E-state index is 3.50. The maximum atomic E-state index is 3.50. The summed E-state index contributed by atoms with van der Waals surface area (Å²) >= 11 is 1.79. The van der Waals surface area contributed by atoms with E-state index in [1.807, 2.05) is 0 Å². The Kier molecular flexibility index (Phi) is 2.60. The zero-order valence-corrected chi connectivity index (χ0v) is 11.0. The summed E-state index contributed by atoms with van der Waals surface area (Å²) in [6, 6.07) is 4.63. The highest BCUT2D eigenvalue weighted by atomic mass is 32.2. The van der Waals surface area contributed by atoms with E-state index in [0.717, 1.165) is 0 Å². The van der Waals surface area contributed by atoms with Gasteiger partial charge in [0, 0.05) is 10.4 Å². The second-order valence-electron chi connectivity index (χ2n) is 5.21. The first-order valence-corrected chi connectivity index (χ1v) is 6.32. The van der Waals surface area contributed by atoms with Gasteiger partial charge in [-0.15, -0.1) is 0 Å². The number of rotatable bonds is 1. The summed E-state index contributed by atoms with van der Waals surface area (Å²) in [6.45, 7) is 11.2. The molecular formula is C13H19NS. The van der Waals surface area contributed by atoms with Gasteiger partial charge in [-0.1, -0.05) is 31.5 Å². The van der Waals surface area contributed by atoms with Crippen molar-refractivity contribution in [2.24, 2.45) is 0 Å². The van der Waals surface area contributed by atoms with Crippen molar-refractivity contribution < 1.29 is 0 Å². The lowest BCUT2D eigenvalue weighted by atomic mass is 9.89. The minimum absolute atomic E-state index is 0.107. The third-order valence-electron chi connectivity index (χ3n) is 2.97. The Bertz CT molecular complexity index is 394. The number of benzene rings is 1. The standard InChI is InChI=1S/C13H19NS/c1-8(2)10-6-9(3)7-11-12(10)15-14-13(11,4)5/h6-8,14H,1-5H3. The number of fused-ring (bicyclic) bond motifs is 1. The minimum Gasteiger partial charge on any atom is -0.250 e. The molecule has 15 heavy (non-hydrogen) atoms. The fraction of sp³-hybridized carbons (Fsp3) is 0.538. The van der Waals surface area contributed by atoms with Crippen LogP contribution in [0.1, 0.15) is 50.3 Å². The molecule has 2 rings (SSSR count). The Labute approximate surface area is 96.8 Å². The van der Waals surface area contributed by atoms with Crippen LogP contribution >= 0.6 is 11.9 Å². The molecule has 0 aliphatic carbocycles. The smallest absolute Gasteiger partial charge is 0.0490 e. The highest BCUT2D eigenvalue weighted by Gasteiger charge is 2.32. The van der Waals surface area contributed by atoms with Gasteiger partial charge in [0.1, 0.15) is 0 Å². The average molecular weight is 221 g/mol. The largest absolute Gasteiger partial charge is 0.250 e.